The summed E-state index contributed by atoms with van der Waals surface area (Å²) < 4.78 is 28.7. The Bertz CT molecular complexity index is 1170. The number of nitrogens with one attached hydrogen (secondary N) is 3. The molecule has 1 aliphatic carbocycles. The summed E-state index contributed by atoms with van der Waals surface area (Å²) in [5.74, 6) is -1.97. The van der Waals surface area contributed by atoms with Crippen LogP contribution in [0.1, 0.15) is 36.5 Å². The van der Waals surface area contributed by atoms with Crippen LogP contribution >= 0.6 is 0 Å². The number of carbonyl (C=O) groups is 2. The van der Waals surface area contributed by atoms with Gasteiger partial charge in [-0.25, -0.2) is 13.8 Å². The lowest BCUT2D eigenvalue weighted by atomic mass is 10.1. The Hall–Kier alpha value is -3.59. The largest absolute Gasteiger partial charge is 0.344 e. The van der Waals surface area contributed by atoms with Crippen molar-refractivity contribution >= 4 is 17.6 Å². The van der Waals surface area contributed by atoms with Gasteiger partial charge in [0.1, 0.15) is 17.7 Å². The third-order valence-electron chi connectivity index (χ3n) is 6.25. The maximum atomic E-state index is 13.4. The second kappa shape index (κ2) is 11.9. The minimum atomic E-state index is -0.781. The van der Waals surface area contributed by atoms with E-state index in [1.54, 1.807) is 12.5 Å². The molecule has 0 spiro atoms. The molecule has 36 heavy (non-hydrogen) atoms. The molecule has 1 atom stereocenters. The van der Waals surface area contributed by atoms with E-state index in [2.05, 4.69) is 45.2 Å². The van der Waals surface area contributed by atoms with Crippen molar-refractivity contribution in [3.05, 3.63) is 83.3 Å². The van der Waals surface area contributed by atoms with E-state index in [-0.39, 0.29) is 17.9 Å². The van der Waals surface area contributed by atoms with Crippen molar-refractivity contribution < 1.29 is 18.4 Å². The highest BCUT2D eigenvalue weighted by atomic mass is 19.1. The van der Waals surface area contributed by atoms with Crippen LogP contribution in [0.3, 0.4) is 0 Å². The molecule has 0 saturated carbocycles. The van der Waals surface area contributed by atoms with Crippen LogP contribution in [0, 0.1) is 11.6 Å². The van der Waals surface area contributed by atoms with Gasteiger partial charge >= 0.3 is 0 Å². The van der Waals surface area contributed by atoms with E-state index in [0.717, 1.165) is 37.6 Å². The molecule has 9 heteroatoms. The van der Waals surface area contributed by atoms with E-state index in [0.29, 0.717) is 31.2 Å². The van der Waals surface area contributed by atoms with E-state index < -0.39 is 23.6 Å². The first-order chi connectivity index (χ1) is 17.4. The van der Waals surface area contributed by atoms with Gasteiger partial charge in [-0.05, 0) is 48.1 Å². The first kappa shape index (κ1) is 25.5. The highest BCUT2D eigenvalue weighted by Gasteiger charge is 2.22. The van der Waals surface area contributed by atoms with Gasteiger partial charge in [-0.1, -0.05) is 37.6 Å². The van der Waals surface area contributed by atoms with Gasteiger partial charge in [-0.15, -0.1) is 0 Å². The van der Waals surface area contributed by atoms with E-state index in [1.165, 1.54) is 11.1 Å². The molecule has 1 heterocycles. The van der Waals surface area contributed by atoms with Crippen LogP contribution < -0.4 is 16.0 Å². The Morgan fingerprint density at radius 3 is 2.47 bits per heavy atom. The Kier molecular flexibility index (Phi) is 8.43. The molecule has 0 unspecified atom stereocenters. The van der Waals surface area contributed by atoms with Gasteiger partial charge in [0.05, 0.1) is 12.7 Å². The molecule has 7 nitrogen and oxygen atoms in total. The summed E-state index contributed by atoms with van der Waals surface area (Å²) in [6.07, 6.45) is 6.33. The molecule has 2 amide bonds. The number of hydrogen-bond acceptors (Lipinski definition) is 4. The third kappa shape index (κ3) is 6.97. The number of nitrogens with zero attached hydrogens (tertiary/aromatic N) is 2. The van der Waals surface area contributed by atoms with Crippen molar-refractivity contribution in [2.75, 3.05) is 11.9 Å². The lowest BCUT2D eigenvalue weighted by Gasteiger charge is -2.17. The summed E-state index contributed by atoms with van der Waals surface area (Å²) >= 11 is 0. The molecule has 1 aliphatic rings. The predicted octanol–water partition coefficient (Wildman–Crippen LogP) is 3.38. The predicted molar refractivity (Wildman–Crippen MR) is 133 cm³/mol. The number of carbonyl (C=O) groups excluding carboxylic acids is 2. The molecular formula is C27H31F2N5O2. The number of anilines is 1. The van der Waals surface area contributed by atoms with Crippen molar-refractivity contribution in [3.8, 4) is 0 Å². The fourth-order valence-electron chi connectivity index (χ4n) is 4.56. The summed E-state index contributed by atoms with van der Waals surface area (Å²) in [5.41, 5.74) is 3.01. The molecule has 4 rings (SSSR count). The molecule has 2 aromatic carbocycles. The molecule has 3 N–H and O–H groups in total. The second-order valence-corrected chi connectivity index (χ2v) is 9.18. The van der Waals surface area contributed by atoms with E-state index in [9.17, 15) is 18.4 Å². The maximum absolute atomic E-state index is 13.4. The van der Waals surface area contributed by atoms with E-state index in [1.807, 2.05) is 11.5 Å². The Labute approximate surface area is 209 Å². The van der Waals surface area contributed by atoms with Crippen molar-refractivity contribution in [3.63, 3.8) is 0 Å². The molecule has 190 valence electrons. The van der Waals surface area contributed by atoms with Crippen LogP contribution in [-0.2, 0) is 35.4 Å². The third-order valence-corrected chi connectivity index (χ3v) is 6.25. The molecule has 0 radical (unpaired) electrons. The topological polar surface area (TPSA) is 88.0 Å². The lowest BCUT2D eigenvalue weighted by Crippen LogP contribution is -2.44. The van der Waals surface area contributed by atoms with Crippen LogP contribution in [0.2, 0.25) is 0 Å². The van der Waals surface area contributed by atoms with Crippen molar-refractivity contribution in [2.45, 2.75) is 57.7 Å². The Morgan fingerprint density at radius 2 is 1.81 bits per heavy atom. The molecule has 1 aromatic heterocycles. The minimum Gasteiger partial charge on any atom is -0.344 e. The molecule has 0 saturated heterocycles. The first-order valence-electron chi connectivity index (χ1n) is 12.3. The number of halogens is 2. The maximum Gasteiger partial charge on any atom is 0.248 e. The van der Waals surface area contributed by atoms with Gasteiger partial charge < -0.3 is 20.5 Å². The molecule has 0 fully saturated rings. The van der Waals surface area contributed by atoms with Gasteiger partial charge in [-0.2, -0.15) is 0 Å². The summed E-state index contributed by atoms with van der Waals surface area (Å²) in [6.45, 7) is 3.38. The smallest absolute Gasteiger partial charge is 0.248 e. The lowest BCUT2D eigenvalue weighted by molar-refractivity contribution is -0.126. The standard InChI is InChI=1S/C27H31F2N5O2/c1-2-5-24(32-26(35)12-18-10-21(28)15-22(29)11-18)27(36)33-25-16-34(17-31-25)9-8-30-23-13-19-6-3-4-7-20(19)14-23/h3-4,6-7,10-11,15-17,23-24,30H,2,5,8-9,12-14H2,1H3,(H,32,35)(H,33,36)/t24-/m0/s1. The summed E-state index contributed by atoms with van der Waals surface area (Å²) in [5, 5.41) is 9.00. The van der Waals surface area contributed by atoms with Crippen LogP contribution in [0.5, 0.6) is 0 Å². The second-order valence-electron chi connectivity index (χ2n) is 9.18. The molecule has 0 aliphatic heterocycles. The Morgan fingerprint density at radius 1 is 1.11 bits per heavy atom. The van der Waals surface area contributed by atoms with Gasteiger partial charge in [0, 0.05) is 31.4 Å². The first-order valence-corrected chi connectivity index (χ1v) is 12.3. The van der Waals surface area contributed by atoms with Crippen LogP contribution in [0.15, 0.2) is 55.0 Å². The molecule has 0 bridgehead atoms. The number of benzene rings is 2. The Balaban J connectivity index is 1.24. The van der Waals surface area contributed by atoms with Crippen molar-refractivity contribution in [1.82, 2.24) is 20.2 Å². The normalized spacial score (nSPS) is 13.9. The molecular weight excluding hydrogens is 464 g/mol. The quantitative estimate of drug-likeness (QED) is 0.381. The number of imidazole rings is 1. The number of amides is 2. The summed E-state index contributed by atoms with van der Waals surface area (Å²) in [4.78, 5) is 29.5. The zero-order chi connectivity index (χ0) is 25.5. The van der Waals surface area contributed by atoms with Gasteiger partial charge in [0.15, 0.2) is 5.82 Å². The van der Waals surface area contributed by atoms with Gasteiger partial charge in [0.2, 0.25) is 11.8 Å². The van der Waals surface area contributed by atoms with Crippen molar-refractivity contribution in [2.24, 2.45) is 0 Å². The number of rotatable bonds is 11. The number of fused-ring (bicyclic) bond motifs is 1. The van der Waals surface area contributed by atoms with E-state index in [4.69, 9.17) is 0 Å². The summed E-state index contributed by atoms with van der Waals surface area (Å²) in [7, 11) is 0. The fourth-order valence-corrected chi connectivity index (χ4v) is 4.56. The monoisotopic (exact) mass is 495 g/mol. The van der Waals surface area contributed by atoms with Crippen molar-refractivity contribution in [1.29, 1.82) is 0 Å². The highest BCUT2D eigenvalue weighted by molar-refractivity contribution is 5.96. The zero-order valence-corrected chi connectivity index (χ0v) is 20.3. The number of hydrogen-bond donors (Lipinski definition) is 3. The zero-order valence-electron chi connectivity index (χ0n) is 20.3. The van der Waals surface area contributed by atoms with E-state index >= 15 is 0 Å². The van der Waals surface area contributed by atoms with Crippen LogP contribution in [0.4, 0.5) is 14.6 Å². The van der Waals surface area contributed by atoms with Gasteiger partial charge in [0.25, 0.3) is 0 Å². The average Bonchev–Trinajstić information content (AvgIpc) is 3.44. The molecule has 3 aromatic rings. The van der Waals surface area contributed by atoms with Gasteiger partial charge in [-0.3, -0.25) is 9.59 Å². The highest BCUT2D eigenvalue weighted by Crippen LogP contribution is 2.21. The SMILES string of the molecule is CCC[C@H](NC(=O)Cc1cc(F)cc(F)c1)C(=O)Nc1cn(CCNC2Cc3ccccc3C2)cn1. The minimum absolute atomic E-state index is 0.203. The number of aromatic nitrogens is 2. The van der Waals surface area contributed by atoms with Crippen LogP contribution in [0.25, 0.3) is 0 Å². The summed E-state index contributed by atoms with van der Waals surface area (Å²) in [6, 6.07) is 11.1. The average molecular weight is 496 g/mol. The van der Waals surface area contributed by atoms with Crippen LogP contribution in [-0.4, -0.2) is 40.0 Å². The fraction of sp³-hybridized carbons (Fsp3) is 0.370.